The molecule has 0 saturated carbocycles. The summed E-state index contributed by atoms with van der Waals surface area (Å²) in [6.07, 6.45) is 1.03. The highest BCUT2D eigenvalue weighted by molar-refractivity contribution is 7.10. The second kappa shape index (κ2) is 4.29. The van der Waals surface area contributed by atoms with Gasteiger partial charge in [-0.3, -0.25) is 0 Å². The normalized spacial score (nSPS) is 12.1. The van der Waals surface area contributed by atoms with Gasteiger partial charge in [0.25, 0.3) is 0 Å². The zero-order valence-electron chi connectivity index (χ0n) is 8.61. The molecule has 2 N–H and O–H groups in total. The molecule has 0 aliphatic heterocycles. The Morgan fingerprint density at radius 2 is 2.36 bits per heavy atom. The lowest BCUT2D eigenvalue weighted by Crippen LogP contribution is -2.27. The molecule has 1 aromatic heterocycles. The van der Waals surface area contributed by atoms with Crippen LogP contribution in [-0.4, -0.2) is 17.5 Å². The van der Waals surface area contributed by atoms with Gasteiger partial charge in [0.2, 0.25) is 0 Å². The van der Waals surface area contributed by atoms with Crippen LogP contribution in [0.25, 0.3) is 0 Å². The van der Waals surface area contributed by atoms with Gasteiger partial charge < -0.3 is 10.6 Å². The quantitative estimate of drug-likeness (QED) is 0.826. The summed E-state index contributed by atoms with van der Waals surface area (Å²) in [5.41, 5.74) is 6.08. The monoisotopic (exact) mass is 210 g/mol. The van der Waals surface area contributed by atoms with E-state index in [9.17, 15) is 0 Å². The van der Waals surface area contributed by atoms with Crippen molar-refractivity contribution in [2.75, 3.05) is 17.7 Å². The van der Waals surface area contributed by atoms with Crippen molar-refractivity contribution in [1.82, 2.24) is 4.37 Å². The molecule has 0 amide bonds. The molecule has 0 aliphatic carbocycles. The molecule has 14 heavy (non-hydrogen) atoms. The van der Waals surface area contributed by atoms with Crippen LogP contribution in [0.15, 0.2) is 0 Å². The third-order valence-corrected chi connectivity index (χ3v) is 3.34. The van der Waals surface area contributed by atoms with Gasteiger partial charge >= 0.3 is 0 Å². The van der Waals surface area contributed by atoms with Crippen LogP contribution in [0, 0.1) is 11.3 Å². The minimum absolute atomic E-state index is 0.336. The Balaban J connectivity index is 3.02. The van der Waals surface area contributed by atoms with Crippen LogP contribution >= 0.6 is 11.5 Å². The highest BCUT2D eigenvalue weighted by atomic mass is 32.1. The van der Waals surface area contributed by atoms with E-state index in [0.29, 0.717) is 17.4 Å². The van der Waals surface area contributed by atoms with E-state index in [1.165, 1.54) is 11.5 Å². The largest absolute Gasteiger partial charge is 0.382 e. The van der Waals surface area contributed by atoms with Crippen molar-refractivity contribution in [3.8, 4) is 6.07 Å². The number of anilines is 2. The smallest absolute Gasteiger partial charge is 0.157 e. The number of hydrogen-bond donors (Lipinski definition) is 1. The minimum Gasteiger partial charge on any atom is -0.382 e. The number of nitrogens with zero attached hydrogens (tertiary/aromatic N) is 3. The fourth-order valence-electron chi connectivity index (χ4n) is 1.11. The molecule has 0 bridgehead atoms. The fourth-order valence-corrected chi connectivity index (χ4v) is 1.94. The maximum atomic E-state index is 8.90. The predicted octanol–water partition coefficient (Wildman–Crippen LogP) is 1.83. The molecule has 0 aliphatic rings. The van der Waals surface area contributed by atoms with Gasteiger partial charge in [-0.25, -0.2) is 0 Å². The number of aromatic nitrogens is 1. The van der Waals surface area contributed by atoms with Crippen LogP contribution in [0.3, 0.4) is 0 Å². The Bertz CT molecular complexity index is 352. The zero-order chi connectivity index (χ0) is 10.7. The zero-order valence-corrected chi connectivity index (χ0v) is 9.43. The van der Waals surface area contributed by atoms with E-state index in [1.807, 2.05) is 11.9 Å². The molecule has 0 spiro atoms. The molecule has 1 unspecified atom stereocenters. The van der Waals surface area contributed by atoms with E-state index in [0.717, 1.165) is 11.4 Å². The van der Waals surface area contributed by atoms with Crippen LogP contribution in [0.4, 0.5) is 10.8 Å². The summed E-state index contributed by atoms with van der Waals surface area (Å²) in [7, 11) is 1.96. The lowest BCUT2D eigenvalue weighted by atomic mass is 10.2. The van der Waals surface area contributed by atoms with Crippen LogP contribution < -0.4 is 10.6 Å². The Kier molecular flexibility index (Phi) is 3.31. The van der Waals surface area contributed by atoms with Gasteiger partial charge in [0.15, 0.2) is 5.82 Å². The first-order valence-corrected chi connectivity index (χ1v) is 5.27. The van der Waals surface area contributed by atoms with E-state index in [-0.39, 0.29) is 0 Å². The molecule has 0 fully saturated rings. The predicted molar refractivity (Wildman–Crippen MR) is 59.4 cm³/mol. The lowest BCUT2D eigenvalue weighted by molar-refractivity contribution is 0.667. The number of hydrogen-bond acceptors (Lipinski definition) is 5. The van der Waals surface area contributed by atoms with Gasteiger partial charge in [0.1, 0.15) is 16.6 Å². The van der Waals surface area contributed by atoms with Crippen molar-refractivity contribution in [3.05, 3.63) is 5.56 Å². The maximum Gasteiger partial charge on any atom is 0.157 e. The molecular weight excluding hydrogens is 196 g/mol. The first-order chi connectivity index (χ1) is 6.61. The molecule has 4 nitrogen and oxygen atoms in total. The van der Waals surface area contributed by atoms with Crippen molar-refractivity contribution in [1.29, 1.82) is 5.26 Å². The Hall–Kier alpha value is -1.28. The van der Waals surface area contributed by atoms with Crippen LogP contribution in [0.5, 0.6) is 0 Å². The molecule has 1 atom stereocenters. The molecule has 76 valence electrons. The van der Waals surface area contributed by atoms with E-state index < -0.39 is 0 Å². The summed E-state index contributed by atoms with van der Waals surface area (Å²) in [5, 5.41) is 9.76. The average molecular weight is 210 g/mol. The summed E-state index contributed by atoms with van der Waals surface area (Å²) in [4.78, 5) is 2.05. The van der Waals surface area contributed by atoms with Gasteiger partial charge in [0.05, 0.1) is 0 Å². The van der Waals surface area contributed by atoms with Gasteiger partial charge in [-0.2, -0.15) is 9.64 Å². The summed E-state index contributed by atoms with van der Waals surface area (Å²) < 4.78 is 3.98. The van der Waals surface area contributed by atoms with E-state index in [4.69, 9.17) is 11.0 Å². The van der Waals surface area contributed by atoms with Gasteiger partial charge in [0, 0.05) is 13.1 Å². The molecule has 0 aromatic carbocycles. The third kappa shape index (κ3) is 1.80. The van der Waals surface area contributed by atoms with Crippen LogP contribution in [0.1, 0.15) is 25.8 Å². The summed E-state index contributed by atoms with van der Waals surface area (Å²) in [6.45, 7) is 4.22. The maximum absolute atomic E-state index is 8.90. The van der Waals surface area contributed by atoms with Gasteiger partial charge in [-0.05, 0) is 24.9 Å². The van der Waals surface area contributed by atoms with Gasteiger partial charge in [-0.1, -0.05) is 6.92 Å². The fraction of sp³-hybridized carbons (Fsp3) is 0.556. The molecule has 1 aromatic rings. The van der Waals surface area contributed by atoms with Crippen LogP contribution in [-0.2, 0) is 0 Å². The number of rotatable bonds is 3. The van der Waals surface area contributed by atoms with Gasteiger partial charge in [-0.15, -0.1) is 0 Å². The Labute approximate surface area is 88.1 Å². The van der Waals surface area contributed by atoms with E-state index in [1.54, 1.807) is 0 Å². The summed E-state index contributed by atoms with van der Waals surface area (Å²) in [6, 6.07) is 2.48. The summed E-state index contributed by atoms with van der Waals surface area (Å²) >= 11 is 1.28. The topological polar surface area (TPSA) is 65.9 Å². The number of nitriles is 1. The second-order valence-electron chi connectivity index (χ2n) is 3.23. The Morgan fingerprint density at radius 3 is 2.86 bits per heavy atom. The SMILES string of the molecule is CCC(C)N(C)c1snc(N)c1C#N. The van der Waals surface area contributed by atoms with Crippen molar-refractivity contribution in [2.45, 2.75) is 26.3 Å². The first-order valence-electron chi connectivity index (χ1n) is 4.49. The van der Waals surface area contributed by atoms with Crippen molar-refractivity contribution in [3.63, 3.8) is 0 Å². The number of nitrogens with two attached hydrogens (primary N) is 1. The molecule has 0 radical (unpaired) electrons. The molecule has 1 heterocycles. The third-order valence-electron chi connectivity index (χ3n) is 2.38. The van der Waals surface area contributed by atoms with E-state index >= 15 is 0 Å². The standard InChI is InChI=1S/C9H14N4S/c1-4-6(2)13(3)9-7(5-10)8(11)12-14-9/h6H,4H2,1-3H3,(H2,11,12). The second-order valence-corrected chi connectivity index (χ2v) is 3.98. The molecular formula is C9H14N4S. The van der Waals surface area contributed by atoms with Crippen molar-refractivity contribution >= 4 is 22.4 Å². The Morgan fingerprint density at radius 1 is 1.71 bits per heavy atom. The molecule has 5 heteroatoms. The first kappa shape index (κ1) is 10.8. The highest BCUT2D eigenvalue weighted by Crippen LogP contribution is 2.30. The van der Waals surface area contributed by atoms with Crippen molar-refractivity contribution in [2.24, 2.45) is 0 Å². The minimum atomic E-state index is 0.336. The molecule has 0 saturated heterocycles. The molecule has 1 rings (SSSR count). The van der Waals surface area contributed by atoms with Crippen LogP contribution in [0.2, 0.25) is 0 Å². The van der Waals surface area contributed by atoms with Crippen molar-refractivity contribution < 1.29 is 0 Å². The van der Waals surface area contributed by atoms with E-state index in [2.05, 4.69) is 24.3 Å². The number of nitrogen functional groups attached to an aromatic ring is 1. The average Bonchev–Trinajstić information content (AvgIpc) is 2.57. The summed E-state index contributed by atoms with van der Waals surface area (Å²) in [5.74, 6) is 0.336. The highest BCUT2D eigenvalue weighted by Gasteiger charge is 2.17. The lowest BCUT2D eigenvalue weighted by Gasteiger charge is -2.23.